The van der Waals surface area contributed by atoms with Gasteiger partial charge in [0.2, 0.25) is 0 Å². The summed E-state index contributed by atoms with van der Waals surface area (Å²) in [6.07, 6.45) is 6.01. The van der Waals surface area contributed by atoms with Crippen LogP contribution in [0.15, 0.2) is 35.2 Å². The molecule has 0 aromatic carbocycles. The van der Waals surface area contributed by atoms with Gasteiger partial charge in [-0.1, -0.05) is 33.8 Å². The number of hydrogen-bond acceptors (Lipinski definition) is 9. The second-order valence-corrected chi connectivity index (χ2v) is 12.5. The molecule has 1 aromatic heterocycles. The molecule has 2 aliphatic carbocycles. The van der Waals surface area contributed by atoms with Crippen molar-refractivity contribution in [3.63, 3.8) is 0 Å². The van der Waals surface area contributed by atoms with Gasteiger partial charge in [0.25, 0.3) is 0 Å². The van der Waals surface area contributed by atoms with E-state index in [9.17, 15) is 19.2 Å². The van der Waals surface area contributed by atoms with Crippen LogP contribution in [0.25, 0.3) is 0 Å². The molecule has 1 saturated carbocycles. The molecule has 9 heteroatoms. The van der Waals surface area contributed by atoms with E-state index in [0.717, 1.165) is 0 Å². The number of carbonyl (C=O) groups is 4. The summed E-state index contributed by atoms with van der Waals surface area (Å²) in [5.74, 6) is -2.40. The van der Waals surface area contributed by atoms with E-state index in [1.54, 1.807) is 18.4 Å². The standard InChI is InChI=1S/C29H36O9/c1-16(30)36-15-19-25(2,3)20(31)9-11-26(19,4)18-8-12-27(5)21(17-10-13-35-14-17)37-23(32)22-29(27,38-22)28(18,6)24(33)34-7/h9-11,13-14,18-19,21-22H,8,12,15H2,1-7H3/t18-,19+,21+,22-,26-,27+,28+,29-/m1/s1. The first-order valence-electron chi connectivity index (χ1n) is 13.1. The Morgan fingerprint density at radius 1 is 1.11 bits per heavy atom. The highest BCUT2D eigenvalue weighted by molar-refractivity contribution is 5.96. The van der Waals surface area contributed by atoms with Gasteiger partial charge in [-0.25, -0.2) is 4.79 Å². The number of ketones is 1. The Hall–Kier alpha value is -2.94. The average molecular weight is 529 g/mol. The fourth-order valence-electron chi connectivity index (χ4n) is 8.38. The van der Waals surface area contributed by atoms with E-state index in [0.29, 0.717) is 18.4 Å². The van der Waals surface area contributed by atoms with Crippen molar-refractivity contribution in [3.05, 3.63) is 36.3 Å². The molecule has 0 N–H and O–H groups in total. The predicted octanol–water partition coefficient (Wildman–Crippen LogP) is 3.96. The zero-order valence-electron chi connectivity index (χ0n) is 23.0. The summed E-state index contributed by atoms with van der Waals surface area (Å²) in [5, 5.41) is 0. The number of methoxy groups -OCH3 is 1. The summed E-state index contributed by atoms with van der Waals surface area (Å²) < 4.78 is 28.5. The molecule has 38 heavy (non-hydrogen) atoms. The molecule has 206 valence electrons. The van der Waals surface area contributed by atoms with Gasteiger partial charge < -0.3 is 23.4 Å². The summed E-state index contributed by atoms with van der Waals surface area (Å²) in [7, 11) is 1.34. The van der Waals surface area contributed by atoms with Crippen LogP contribution in [0.2, 0.25) is 0 Å². The van der Waals surface area contributed by atoms with Crippen molar-refractivity contribution in [3.8, 4) is 0 Å². The fourth-order valence-corrected chi connectivity index (χ4v) is 8.38. The molecule has 0 amide bonds. The molecule has 4 aliphatic rings. The molecule has 9 nitrogen and oxygen atoms in total. The smallest absolute Gasteiger partial charge is 0.339 e. The zero-order valence-corrected chi connectivity index (χ0v) is 23.0. The molecule has 3 fully saturated rings. The number of rotatable bonds is 5. The molecule has 0 unspecified atom stereocenters. The lowest BCUT2D eigenvalue weighted by Crippen LogP contribution is -2.69. The van der Waals surface area contributed by atoms with Crippen molar-refractivity contribution in [1.82, 2.24) is 0 Å². The van der Waals surface area contributed by atoms with Crippen LogP contribution in [0.3, 0.4) is 0 Å². The van der Waals surface area contributed by atoms with Crippen molar-refractivity contribution in [2.75, 3.05) is 13.7 Å². The molecule has 0 radical (unpaired) electrons. The van der Waals surface area contributed by atoms with Crippen LogP contribution >= 0.6 is 0 Å². The highest BCUT2D eigenvalue weighted by atomic mass is 16.7. The maximum Gasteiger partial charge on any atom is 0.339 e. The van der Waals surface area contributed by atoms with E-state index < -0.39 is 69.2 Å². The zero-order chi connectivity index (χ0) is 27.9. The number of epoxide rings is 1. The van der Waals surface area contributed by atoms with Gasteiger partial charge in [0, 0.05) is 29.2 Å². The first-order valence-corrected chi connectivity index (χ1v) is 13.1. The molecule has 2 aliphatic heterocycles. The molecular weight excluding hydrogens is 492 g/mol. The minimum atomic E-state index is -1.30. The summed E-state index contributed by atoms with van der Waals surface area (Å²) >= 11 is 0. The van der Waals surface area contributed by atoms with Crippen molar-refractivity contribution in [2.45, 2.75) is 72.2 Å². The van der Waals surface area contributed by atoms with Gasteiger partial charge in [0.05, 0.1) is 26.2 Å². The number of cyclic esters (lactones) is 1. The second kappa shape index (κ2) is 8.28. The minimum Gasteiger partial charge on any atom is -0.472 e. The predicted molar refractivity (Wildman–Crippen MR) is 132 cm³/mol. The van der Waals surface area contributed by atoms with Gasteiger partial charge in [-0.2, -0.15) is 0 Å². The molecule has 2 saturated heterocycles. The third-order valence-corrected chi connectivity index (χ3v) is 10.4. The number of esters is 3. The highest BCUT2D eigenvalue weighted by Crippen LogP contribution is 2.76. The lowest BCUT2D eigenvalue weighted by atomic mass is 9.40. The summed E-state index contributed by atoms with van der Waals surface area (Å²) in [6, 6.07) is 1.76. The highest BCUT2D eigenvalue weighted by Gasteiger charge is 2.88. The monoisotopic (exact) mass is 528 g/mol. The third kappa shape index (κ3) is 3.14. The SMILES string of the molecule is COC(=O)[C@]1(C)[C@@H]([C@@]2(C)C=CC(=O)C(C)(C)[C@@H]2COC(C)=O)CC[C@@]2(C)[C@H](c3ccoc3)OC(=O)[C@H]3O[C@]321. The van der Waals surface area contributed by atoms with Crippen LogP contribution in [0.4, 0.5) is 0 Å². The molecule has 5 rings (SSSR count). The summed E-state index contributed by atoms with van der Waals surface area (Å²) in [4.78, 5) is 52.1. The first kappa shape index (κ1) is 26.7. The van der Waals surface area contributed by atoms with Crippen LogP contribution < -0.4 is 0 Å². The van der Waals surface area contributed by atoms with Crippen LogP contribution in [0.5, 0.6) is 0 Å². The van der Waals surface area contributed by atoms with Crippen LogP contribution in [0.1, 0.15) is 66.1 Å². The lowest BCUT2D eigenvalue weighted by Gasteiger charge is -2.62. The van der Waals surface area contributed by atoms with Gasteiger partial charge in [-0.3, -0.25) is 14.4 Å². The lowest BCUT2D eigenvalue weighted by molar-refractivity contribution is -0.213. The Bertz CT molecular complexity index is 1210. The van der Waals surface area contributed by atoms with Gasteiger partial charge >= 0.3 is 17.9 Å². The largest absolute Gasteiger partial charge is 0.472 e. The normalized spacial score (nSPS) is 42.9. The van der Waals surface area contributed by atoms with Gasteiger partial charge in [-0.15, -0.1) is 0 Å². The first-order chi connectivity index (χ1) is 17.7. The topological polar surface area (TPSA) is 122 Å². The van der Waals surface area contributed by atoms with Gasteiger partial charge in [-0.05, 0) is 43.2 Å². The number of furan rings is 1. The number of allylic oxidation sites excluding steroid dienone is 2. The van der Waals surface area contributed by atoms with Crippen molar-refractivity contribution >= 4 is 23.7 Å². The van der Waals surface area contributed by atoms with Crippen LogP contribution in [-0.2, 0) is 38.1 Å². The van der Waals surface area contributed by atoms with E-state index >= 15 is 0 Å². The van der Waals surface area contributed by atoms with Gasteiger partial charge in [0.15, 0.2) is 11.9 Å². The second-order valence-electron chi connectivity index (χ2n) is 12.5. The number of carbonyl (C=O) groups excluding carboxylic acids is 4. The molecule has 1 aromatic rings. The van der Waals surface area contributed by atoms with E-state index in [1.807, 2.05) is 40.7 Å². The molecule has 8 atom stereocenters. The van der Waals surface area contributed by atoms with Crippen molar-refractivity contribution < 1.29 is 42.5 Å². The van der Waals surface area contributed by atoms with E-state index in [-0.39, 0.29) is 12.4 Å². The van der Waals surface area contributed by atoms with E-state index in [2.05, 4.69) is 0 Å². The Balaban J connectivity index is 1.68. The Morgan fingerprint density at radius 2 is 1.82 bits per heavy atom. The molecule has 3 heterocycles. The number of hydrogen-bond donors (Lipinski definition) is 0. The quantitative estimate of drug-likeness (QED) is 0.317. The molecule has 0 bridgehead atoms. The Morgan fingerprint density at radius 3 is 2.42 bits per heavy atom. The molecular formula is C29H36O9. The van der Waals surface area contributed by atoms with Crippen LogP contribution in [0, 0.1) is 33.5 Å². The summed E-state index contributed by atoms with van der Waals surface area (Å²) in [6.45, 7) is 10.8. The van der Waals surface area contributed by atoms with Crippen molar-refractivity contribution in [1.29, 1.82) is 0 Å². The maximum absolute atomic E-state index is 14.0. The average Bonchev–Trinajstić information content (AvgIpc) is 3.43. The maximum atomic E-state index is 14.0. The fraction of sp³-hybridized carbons (Fsp3) is 0.655. The number of ether oxygens (including phenoxy) is 4. The summed E-state index contributed by atoms with van der Waals surface area (Å²) in [5.41, 5.74) is -4.23. The third-order valence-electron chi connectivity index (χ3n) is 10.4. The minimum absolute atomic E-state index is 0.0108. The van der Waals surface area contributed by atoms with Gasteiger partial charge in [0.1, 0.15) is 17.1 Å². The Labute approximate surface area is 222 Å². The Kier molecular flexibility index (Phi) is 5.81. The van der Waals surface area contributed by atoms with E-state index in [1.165, 1.54) is 20.3 Å². The van der Waals surface area contributed by atoms with Crippen LogP contribution in [-0.4, -0.2) is 49.1 Å². The van der Waals surface area contributed by atoms with E-state index in [4.69, 9.17) is 23.4 Å². The molecule has 1 spiro atoms. The van der Waals surface area contributed by atoms with Crippen molar-refractivity contribution in [2.24, 2.45) is 33.5 Å².